The lowest BCUT2D eigenvalue weighted by Crippen LogP contribution is -3.00. The van der Waals surface area contributed by atoms with Crippen LogP contribution in [0.15, 0.2) is 66.3 Å². The van der Waals surface area contributed by atoms with Crippen LogP contribution in [0.25, 0.3) is 0 Å². The fourth-order valence-corrected chi connectivity index (χ4v) is 8.26. The van der Waals surface area contributed by atoms with E-state index in [0.717, 1.165) is 29.3 Å². The highest BCUT2D eigenvalue weighted by Gasteiger charge is 2.47. The Morgan fingerprint density at radius 2 is 1.30 bits per heavy atom. The van der Waals surface area contributed by atoms with E-state index in [1.807, 2.05) is 37.7 Å². The van der Waals surface area contributed by atoms with Gasteiger partial charge in [0.1, 0.15) is 22.8 Å². The van der Waals surface area contributed by atoms with Gasteiger partial charge in [0, 0.05) is 75.7 Å². The van der Waals surface area contributed by atoms with Crippen LogP contribution >= 0.6 is 35.9 Å². The van der Waals surface area contributed by atoms with Gasteiger partial charge in [0.05, 0.1) is 5.97 Å². The topological polar surface area (TPSA) is 141 Å². The first-order valence-electron chi connectivity index (χ1n) is 15.1. The molecular formula is C33H44BrClN6O4S2. The molecule has 10 nitrogen and oxygen atoms in total. The fourth-order valence-electron chi connectivity index (χ4n) is 5.86. The number of fused-ring (bicyclic) bond motifs is 2. The van der Waals surface area contributed by atoms with Crippen LogP contribution in [0.1, 0.15) is 63.3 Å². The molecule has 6 rings (SSSR count). The van der Waals surface area contributed by atoms with Crippen LogP contribution in [0.5, 0.6) is 0 Å². The van der Waals surface area contributed by atoms with Gasteiger partial charge in [-0.15, -0.1) is 35.9 Å². The number of nitrogens with two attached hydrogens (primary N) is 2. The minimum absolute atomic E-state index is 0. The molecule has 2 aromatic rings. The number of halogens is 2. The number of nitrogens with zero attached hydrogens (tertiary/aromatic N) is 4. The number of β-lactam (4-membered cyclic amide) rings is 2. The maximum absolute atomic E-state index is 11.8. The average molecular weight is 768 g/mol. The molecular weight excluding hydrogens is 724 g/mol. The third kappa shape index (κ3) is 8.25. The summed E-state index contributed by atoms with van der Waals surface area (Å²) in [4.78, 5) is 38.2. The number of hydrogen-bond acceptors (Lipinski definition) is 8. The summed E-state index contributed by atoms with van der Waals surface area (Å²) in [5.74, 6) is 0.564. The monoisotopic (exact) mass is 766 g/mol. The zero-order chi connectivity index (χ0) is 32.8. The Kier molecular flexibility index (Phi) is 12.5. The zero-order valence-corrected chi connectivity index (χ0v) is 31.5. The van der Waals surface area contributed by atoms with Gasteiger partial charge in [-0.2, -0.15) is 9.13 Å². The maximum atomic E-state index is 11.8. The molecule has 0 unspecified atom stereocenters. The van der Waals surface area contributed by atoms with Gasteiger partial charge >= 0.3 is 0 Å². The minimum atomic E-state index is -1.18. The van der Waals surface area contributed by atoms with Crippen molar-refractivity contribution in [2.45, 2.75) is 88.3 Å². The number of carboxylic acids is 1. The van der Waals surface area contributed by atoms with E-state index in [1.165, 1.54) is 11.3 Å². The number of carboxylic acid groups (broad SMARTS) is 1. The van der Waals surface area contributed by atoms with Crippen LogP contribution in [0.3, 0.4) is 0 Å². The van der Waals surface area contributed by atoms with E-state index in [2.05, 4.69) is 49.7 Å². The second-order valence-electron chi connectivity index (χ2n) is 14.0. The lowest BCUT2D eigenvalue weighted by Gasteiger charge is -2.45. The molecule has 0 saturated carbocycles. The first-order valence-corrected chi connectivity index (χ1v) is 17.2. The molecule has 2 saturated heterocycles. The predicted octanol–water partition coefficient (Wildman–Crippen LogP) is -1.41. The van der Waals surface area contributed by atoms with Crippen molar-refractivity contribution in [3.8, 4) is 0 Å². The number of rotatable bonds is 5. The van der Waals surface area contributed by atoms with Crippen molar-refractivity contribution in [3.05, 3.63) is 83.2 Å². The molecule has 4 aliphatic heterocycles. The molecule has 256 valence electrons. The van der Waals surface area contributed by atoms with E-state index in [4.69, 9.17) is 11.5 Å². The third-order valence-corrected chi connectivity index (χ3v) is 11.1. The number of pyridine rings is 2. The smallest absolute Gasteiger partial charge is 0.247 e. The molecule has 4 aliphatic rings. The van der Waals surface area contributed by atoms with Crippen molar-refractivity contribution in [3.63, 3.8) is 0 Å². The average Bonchev–Trinajstić information content (AvgIpc) is 2.99. The standard InChI is InChI=1S/C17H21N3O3S.C16H22N3OS.BrH.ClH/c1-17(2,3)12-6-11(16(22)23)4-5-19(12)7-10-8-20-14(21)13(18)15(20)24-9-10;1-16(2,3)12-6-4-5-7-18(12)8-11-9-19-14(20)13(17)15(19)21-10-11;;/h4-6,8,13,15H,7,9,18H2,1-3H3;4-7,9,13,15H,8,10,17H2,1-3H3;2*1H/q;+1;;/p-1/t2*13-,15+;;/m11../s1. The van der Waals surface area contributed by atoms with Crippen LogP contribution in [-0.2, 0) is 33.5 Å². The van der Waals surface area contributed by atoms with Crippen LogP contribution in [0, 0.1) is 0 Å². The summed E-state index contributed by atoms with van der Waals surface area (Å²) < 4.78 is 4.31. The van der Waals surface area contributed by atoms with E-state index < -0.39 is 12.0 Å². The van der Waals surface area contributed by atoms with E-state index in [9.17, 15) is 19.5 Å². The lowest BCUT2D eigenvalue weighted by atomic mass is 9.90. The van der Waals surface area contributed by atoms with Crippen molar-refractivity contribution in [1.29, 1.82) is 0 Å². The predicted molar refractivity (Wildman–Crippen MR) is 181 cm³/mol. The van der Waals surface area contributed by atoms with Gasteiger partial charge in [-0.05, 0) is 0 Å². The van der Waals surface area contributed by atoms with Gasteiger partial charge in [0.2, 0.25) is 11.8 Å². The minimum Gasteiger partial charge on any atom is -1.00 e. The SMILES string of the molecule is CC(C)(C)c1cc(C(=O)[O-])cc[n+]1CC1=CN2C(=O)[C@@H](N)[C@@H]2SC1.CC(C)(C)c1cccc[n+]1CC1=CN2C(=O)[C@@H](N)[C@@H]2SC1.Cl.[Br-]. The van der Waals surface area contributed by atoms with Crippen LogP contribution in [0.4, 0.5) is 0 Å². The summed E-state index contributed by atoms with van der Waals surface area (Å²) in [5, 5.41) is 11.3. The summed E-state index contributed by atoms with van der Waals surface area (Å²) in [6.07, 6.45) is 7.77. The van der Waals surface area contributed by atoms with Crippen molar-refractivity contribution in [2.75, 3.05) is 11.5 Å². The largest absolute Gasteiger partial charge is 1.00 e. The summed E-state index contributed by atoms with van der Waals surface area (Å²) in [6.45, 7) is 14.2. The molecule has 0 spiro atoms. The van der Waals surface area contributed by atoms with E-state index >= 15 is 0 Å². The maximum Gasteiger partial charge on any atom is 0.247 e. The Labute approximate surface area is 302 Å². The van der Waals surface area contributed by atoms with E-state index in [0.29, 0.717) is 6.54 Å². The molecule has 2 aromatic heterocycles. The van der Waals surface area contributed by atoms with E-state index in [1.54, 1.807) is 51.7 Å². The van der Waals surface area contributed by atoms with Gasteiger partial charge < -0.3 is 48.1 Å². The summed E-state index contributed by atoms with van der Waals surface area (Å²) in [6, 6.07) is 8.81. The fraction of sp³-hybridized carbons (Fsp3) is 0.485. The number of aromatic nitrogens is 2. The number of aromatic carboxylic acids is 1. The second kappa shape index (κ2) is 15.0. The van der Waals surface area contributed by atoms with E-state index in [-0.39, 0.29) is 74.4 Å². The molecule has 14 heteroatoms. The Hall–Kier alpha value is -2.42. The van der Waals surface area contributed by atoms with Crippen LogP contribution < -0.4 is 42.7 Å². The summed E-state index contributed by atoms with van der Waals surface area (Å²) >= 11 is 3.43. The first kappa shape index (κ1) is 39.0. The number of carbonyl (C=O) groups excluding carboxylic acids is 3. The Morgan fingerprint density at radius 1 is 0.830 bits per heavy atom. The number of thioether (sulfide) groups is 2. The van der Waals surface area contributed by atoms with Crippen molar-refractivity contribution in [1.82, 2.24) is 9.80 Å². The Balaban J connectivity index is 0.000000247. The number of amides is 2. The molecule has 4 N–H and O–H groups in total. The number of hydrogen-bond donors (Lipinski definition) is 2. The highest BCUT2D eigenvalue weighted by atomic mass is 79.9. The van der Waals surface area contributed by atoms with Crippen LogP contribution in [-0.4, -0.2) is 61.9 Å². The van der Waals surface area contributed by atoms with Gasteiger partial charge in [-0.1, -0.05) is 47.6 Å². The molecule has 0 aliphatic carbocycles. The molecule has 0 radical (unpaired) electrons. The lowest BCUT2D eigenvalue weighted by molar-refractivity contribution is -0.699. The third-order valence-electron chi connectivity index (χ3n) is 8.26. The Bertz CT molecular complexity index is 1590. The molecule has 47 heavy (non-hydrogen) atoms. The number of carbonyl (C=O) groups is 3. The Morgan fingerprint density at radius 3 is 1.74 bits per heavy atom. The van der Waals surface area contributed by atoms with Crippen molar-refractivity contribution < 1.29 is 45.6 Å². The zero-order valence-electron chi connectivity index (χ0n) is 27.5. The molecule has 0 aromatic carbocycles. The molecule has 4 atom stereocenters. The van der Waals surface area contributed by atoms with Gasteiger partial charge in [0.15, 0.2) is 36.9 Å². The molecule has 2 amide bonds. The normalized spacial score (nSPS) is 23.2. The van der Waals surface area contributed by atoms with Crippen molar-refractivity contribution in [2.24, 2.45) is 11.5 Å². The quantitative estimate of drug-likeness (QED) is 0.280. The molecule has 0 bridgehead atoms. The second-order valence-corrected chi connectivity index (χ2v) is 16.2. The summed E-state index contributed by atoms with van der Waals surface area (Å²) in [7, 11) is 0. The van der Waals surface area contributed by atoms with Gasteiger partial charge in [-0.25, -0.2) is 0 Å². The van der Waals surface area contributed by atoms with Gasteiger partial charge in [0.25, 0.3) is 0 Å². The van der Waals surface area contributed by atoms with Crippen molar-refractivity contribution >= 4 is 53.7 Å². The molecule has 2 fully saturated rings. The van der Waals surface area contributed by atoms with Gasteiger partial charge in [-0.3, -0.25) is 9.59 Å². The van der Waals surface area contributed by atoms with Crippen LogP contribution in [0.2, 0.25) is 0 Å². The highest BCUT2D eigenvalue weighted by molar-refractivity contribution is 8.00. The summed E-state index contributed by atoms with van der Waals surface area (Å²) in [5.41, 5.74) is 16.2. The highest BCUT2D eigenvalue weighted by Crippen LogP contribution is 2.36. The molecule has 6 heterocycles. The first-order chi connectivity index (χ1) is 21.1.